The number of nitrogen functional groups attached to an aromatic ring is 1. The number of pyridine rings is 1. The highest BCUT2D eigenvalue weighted by Crippen LogP contribution is 2.22. The summed E-state index contributed by atoms with van der Waals surface area (Å²) in [7, 11) is 0. The number of morpholine rings is 1. The van der Waals surface area contributed by atoms with Gasteiger partial charge in [-0.05, 0) is 13.8 Å². The molecule has 21 heavy (non-hydrogen) atoms. The maximum Gasteiger partial charge on any atom is 0.217 e. The molecular weight excluding hydrogens is 268 g/mol. The first-order valence-electron chi connectivity index (χ1n) is 7.68. The molecule has 0 aliphatic carbocycles. The van der Waals surface area contributed by atoms with E-state index < -0.39 is 0 Å². The number of ether oxygens (including phenoxy) is 2. The van der Waals surface area contributed by atoms with E-state index in [1.807, 2.05) is 12.1 Å². The van der Waals surface area contributed by atoms with Gasteiger partial charge in [0.2, 0.25) is 5.88 Å². The van der Waals surface area contributed by atoms with Crippen LogP contribution in [-0.4, -0.2) is 62.4 Å². The fraction of sp³-hybridized carbons (Fsp3) is 0.667. The van der Waals surface area contributed by atoms with E-state index in [2.05, 4.69) is 28.6 Å². The van der Waals surface area contributed by atoms with Gasteiger partial charge in [0.15, 0.2) is 0 Å². The summed E-state index contributed by atoms with van der Waals surface area (Å²) in [6.45, 7) is 11.2. The lowest BCUT2D eigenvalue weighted by Crippen LogP contribution is -2.38. The van der Waals surface area contributed by atoms with Crippen LogP contribution in [0.15, 0.2) is 12.1 Å². The largest absolute Gasteiger partial charge is 0.476 e. The molecule has 0 atom stereocenters. The van der Waals surface area contributed by atoms with Crippen molar-refractivity contribution in [3.8, 4) is 5.88 Å². The quantitative estimate of drug-likeness (QED) is 0.816. The molecule has 0 aromatic carbocycles. The van der Waals surface area contributed by atoms with E-state index in [0.29, 0.717) is 18.3 Å². The first kappa shape index (κ1) is 15.9. The fourth-order valence-corrected chi connectivity index (χ4v) is 2.46. The van der Waals surface area contributed by atoms with Crippen LogP contribution in [0, 0.1) is 0 Å². The summed E-state index contributed by atoms with van der Waals surface area (Å²) in [5.74, 6) is 1.10. The third kappa shape index (κ3) is 4.75. The number of anilines is 2. The van der Waals surface area contributed by atoms with E-state index in [1.54, 1.807) is 0 Å². The van der Waals surface area contributed by atoms with Gasteiger partial charge in [-0.15, -0.1) is 0 Å². The second-order valence-electron chi connectivity index (χ2n) is 5.06. The molecule has 1 aromatic heterocycles. The average Bonchev–Trinajstić information content (AvgIpc) is 2.49. The van der Waals surface area contributed by atoms with Crippen molar-refractivity contribution in [1.82, 2.24) is 9.88 Å². The Hall–Kier alpha value is -1.53. The summed E-state index contributed by atoms with van der Waals surface area (Å²) in [5.41, 5.74) is 6.94. The Morgan fingerprint density at radius 1 is 1.29 bits per heavy atom. The van der Waals surface area contributed by atoms with Gasteiger partial charge in [0.1, 0.15) is 12.4 Å². The number of rotatable bonds is 7. The van der Waals surface area contributed by atoms with Crippen LogP contribution in [0.5, 0.6) is 5.88 Å². The normalized spacial score (nSPS) is 15.9. The van der Waals surface area contributed by atoms with Gasteiger partial charge in [0.05, 0.1) is 13.2 Å². The first-order chi connectivity index (χ1) is 10.2. The monoisotopic (exact) mass is 294 g/mol. The summed E-state index contributed by atoms with van der Waals surface area (Å²) in [4.78, 5) is 8.82. The average molecular weight is 294 g/mol. The Morgan fingerprint density at radius 3 is 2.67 bits per heavy atom. The van der Waals surface area contributed by atoms with Gasteiger partial charge in [-0.2, -0.15) is 4.98 Å². The molecule has 0 radical (unpaired) electrons. The molecule has 2 heterocycles. The molecule has 6 nitrogen and oxygen atoms in total. The van der Waals surface area contributed by atoms with Crippen molar-refractivity contribution in [2.75, 3.05) is 63.2 Å². The Balaban J connectivity index is 1.90. The summed E-state index contributed by atoms with van der Waals surface area (Å²) in [5, 5.41) is 0. The van der Waals surface area contributed by atoms with Crippen LogP contribution in [0.4, 0.5) is 11.5 Å². The molecule has 0 unspecified atom stereocenters. The van der Waals surface area contributed by atoms with E-state index in [0.717, 1.165) is 51.6 Å². The molecule has 1 aromatic rings. The summed E-state index contributed by atoms with van der Waals surface area (Å²) >= 11 is 0. The van der Waals surface area contributed by atoms with Crippen molar-refractivity contribution < 1.29 is 9.47 Å². The van der Waals surface area contributed by atoms with Crippen LogP contribution in [0.1, 0.15) is 13.8 Å². The SMILES string of the molecule is CCN(CC)c1cc(N)nc(OCCN2CCOCC2)c1. The highest BCUT2D eigenvalue weighted by Gasteiger charge is 2.11. The van der Waals surface area contributed by atoms with Crippen LogP contribution in [0.25, 0.3) is 0 Å². The molecule has 1 saturated heterocycles. The van der Waals surface area contributed by atoms with Gasteiger partial charge in [0, 0.05) is 50.5 Å². The lowest BCUT2D eigenvalue weighted by Gasteiger charge is -2.26. The Kier molecular flexibility index (Phi) is 6.07. The van der Waals surface area contributed by atoms with Crippen molar-refractivity contribution >= 4 is 11.5 Å². The van der Waals surface area contributed by atoms with E-state index >= 15 is 0 Å². The molecule has 0 amide bonds. The van der Waals surface area contributed by atoms with Crippen LogP contribution in [0.3, 0.4) is 0 Å². The summed E-state index contributed by atoms with van der Waals surface area (Å²) < 4.78 is 11.1. The van der Waals surface area contributed by atoms with E-state index in [1.165, 1.54) is 0 Å². The second kappa shape index (κ2) is 8.05. The molecule has 118 valence electrons. The highest BCUT2D eigenvalue weighted by molar-refractivity contribution is 5.55. The lowest BCUT2D eigenvalue weighted by molar-refractivity contribution is 0.0320. The topological polar surface area (TPSA) is 63.8 Å². The molecule has 0 saturated carbocycles. The maximum atomic E-state index is 5.88. The predicted octanol–water partition coefficient (Wildman–Crippen LogP) is 1.22. The Morgan fingerprint density at radius 2 is 2.00 bits per heavy atom. The molecule has 0 spiro atoms. The fourth-order valence-electron chi connectivity index (χ4n) is 2.46. The van der Waals surface area contributed by atoms with Gasteiger partial charge < -0.3 is 20.1 Å². The zero-order valence-electron chi connectivity index (χ0n) is 13.0. The summed E-state index contributed by atoms with van der Waals surface area (Å²) in [6.07, 6.45) is 0. The number of hydrogen-bond acceptors (Lipinski definition) is 6. The number of aromatic nitrogens is 1. The standard InChI is InChI=1S/C15H26N4O2/c1-3-19(4-2)13-11-14(16)17-15(12-13)21-10-7-18-5-8-20-9-6-18/h11-12H,3-10H2,1-2H3,(H2,16,17). The molecule has 2 N–H and O–H groups in total. The second-order valence-corrected chi connectivity index (χ2v) is 5.06. The molecule has 6 heteroatoms. The molecule has 1 aliphatic heterocycles. The lowest BCUT2D eigenvalue weighted by atomic mass is 10.3. The van der Waals surface area contributed by atoms with E-state index in [4.69, 9.17) is 15.2 Å². The van der Waals surface area contributed by atoms with Gasteiger partial charge >= 0.3 is 0 Å². The van der Waals surface area contributed by atoms with Crippen molar-refractivity contribution in [1.29, 1.82) is 0 Å². The van der Waals surface area contributed by atoms with Crippen molar-refractivity contribution in [2.24, 2.45) is 0 Å². The third-order valence-electron chi connectivity index (χ3n) is 3.70. The highest BCUT2D eigenvalue weighted by atomic mass is 16.5. The van der Waals surface area contributed by atoms with Gasteiger partial charge in [-0.3, -0.25) is 4.90 Å². The minimum absolute atomic E-state index is 0.501. The first-order valence-corrected chi connectivity index (χ1v) is 7.68. The smallest absolute Gasteiger partial charge is 0.217 e. The van der Waals surface area contributed by atoms with E-state index in [9.17, 15) is 0 Å². The minimum atomic E-state index is 0.501. The predicted molar refractivity (Wildman–Crippen MR) is 85.0 cm³/mol. The zero-order chi connectivity index (χ0) is 15.1. The minimum Gasteiger partial charge on any atom is -0.476 e. The van der Waals surface area contributed by atoms with Crippen molar-refractivity contribution in [3.63, 3.8) is 0 Å². The zero-order valence-corrected chi connectivity index (χ0v) is 13.0. The summed E-state index contributed by atoms with van der Waals surface area (Å²) in [6, 6.07) is 3.85. The molecule has 2 rings (SSSR count). The van der Waals surface area contributed by atoms with Gasteiger partial charge in [0.25, 0.3) is 0 Å². The van der Waals surface area contributed by atoms with Crippen LogP contribution in [0.2, 0.25) is 0 Å². The molecule has 1 aliphatic rings. The Labute approximate surface area is 126 Å². The van der Waals surface area contributed by atoms with Gasteiger partial charge in [-0.25, -0.2) is 0 Å². The number of hydrogen-bond donors (Lipinski definition) is 1. The van der Waals surface area contributed by atoms with Crippen LogP contribution >= 0.6 is 0 Å². The Bertz CT molecular complexity index is 432. The molecule has 0 bridgehead atoms. The van der Waals surface area contributed by atoms with Gasteiger partial charge in [-0.1, -0.05) is 0 Å². The molecule has 1 fully saturated rings. The number of nitrogens with two attached hydrogens (primary N) is 1. The number of nitrogens with zero attached hydrogens (tertiary/aromatic N) is 3. The third-order valence-corrected chi connectivity index (χ3v) is 3.70. The van der Waals surface area contributed by atoms with Crippen LogP contribution < -0.4 is 15.4 Å². The van der Waals surface area contributed by atoms with E-state index in [-0.39, 0.29) is 0 Å². The maximum absolute atomic E-state index is 5.88. The van der Waals surface area contributed by atoms with Crippen LogP contribution in [-0.2, 0) is 4.74 Å². The van der Waals surface area contributed by atoms with Crippen molar-refractivity contribution in [3.05, 3.63) is 12.1 Å². The molecular formula is C15H26N4O2. The van der Waals surface area contributed by atoms with Crippen molar-refractivity contribution in [2.45, 2.75) is 13.8 Å².